The van der Waals surface area contributed by atoms with E-state index in [-0.39, 0.29) is 17.9 Å². The first kappa shape index (κ1) is 11.2. The highest BCUT2D eigenvalue weighted by molar-refractivity contribution is 5.92. The topological polar surface area (TPSA) is 45.5 Å². The van der Waals surface area contributed by atoms with Crippen molar-refractivity contribution in [1.29, 1.82) is 0 Å². The third-order valence-corrected chi connectivity index (χ3v) is 3.36. The molecule has 2 heterocycles. The number of amides is 1. The van der Waals surface area contributed by atoms with Crippen LogP contribution in [0.5, 0.6) is 0 Å². The number of hydrogen-bond acceptors (Lipinski definition) is 2. The second kappa shape index (κ2) is 4.29. The van der Waals surface area contributed by atoms with Gasteiger partial charge in [-0.1, -0.05) is 0 Å². The average Bonchev–Trinajstić information content (AvgIpc) is 2.84. The predicted molar refractivity (Wildman–Crippen MR) is 61.1 cm³/mol. The van der Waals surface area contributed by atoms with E-state index >= 15 is 0 Å². The number of aliphatic hydroxyl groups is 1. The highest BCUT2D eigenvalue weighted by Gasteiger charge is 2.30. The van der Waals surface area contributed by atoms with Crippen LogP contribution in [-0.2, 0) is 7.05 Å². The van der Waals surface area contributed by atoms with E-state index in [4.69, 9.17) is 0 Å². The molecule has 4 nitrogen and oxygen atoms in total. The molecular formula is C12H18N2O2. The largest absolute Gasteiger partial charge is 0.393 e. The molecule has 2 atom stereocenters. The minimum Gasteiger partial charge on any atom is -0.393 e. The number of carbonyl (C=O) groups is 1. The first-order valence-electron chi connectivity index (χ1n) is 5.68. The molecule has 0 aliphatic carbocycles. The van der Waals surface area contributed by atoms with Gasteiger partial charge in [-0.3, -0.25) is 4.79 Å². The normalized spacial score (nSPS) is 22.4. The lowest BCUT2D eigenvalue weighted by Gasteiger charge is -2.17. The molecule has 1 aliphatic rings. The molecule has 0 bridgehead atoms. The summed E-state index contributed by atoms with van der Waals surface area (Å²) in [4.78, 5) is 13.9. The van der Waals surface area contributed by atoms with Crippen LogP contribution in [0.25, 0.3) is 0 Å². The molecule has 0 aromatic carbocycles. The Hall–Kier alpha value is -1.29. The molecule has 1 saturated heterocycles. The van der Waals surface area contributed by atoms with E-state index in [0.717, 1.165) is 13.0 Å². The average molecular weight is 222 g/mol. The van der Waals surface area contributed by atoms with Gasteiger partial charge in [-0.2, -0.15) is 0 Å². The van der Waals surface area contributed by atoms with Crippen molar-refractivity contribution < 1.29 is 9.90 Å². The second-order valence-corrected chi connectivity index (χ2v) is 4.54. The Labute approximate surface area is 95.5 Å². The van der Waals surface area contributed by atoms with Gasteiger partial charge in [0, 0.05) is 32.3 Å². The van der Waals surface area contributed by atoms with Gasteiger partial charge in [-0.15, -0.1) is 0 Å². The maximum Gasteiger partial charge on any atom is 0.270 e. The lowest BCUT2D eigenvalue weighted by atomic mass is 10.0. The minimum absolute atomic E-state index is 0.0654. The van der Waals surface area contributed by atoms with Crippen molar-refractivity contribution in [3.63, 3.8) is 0 Å². The van der Waals surface area contributed by atoms with Crippen molar-refractivity contribution in [3.8, 4) is 0 Å². The third kappa shape index (κ3) is 1.97. The number of rotatable bonds is 2. The maximum absolute atomic E-state index is 12.1. The number of aromatic nitrogens is 1. The lowest BCUT2D eigenvalue weighted by Crippen LogP contribution is -2.31. The number of nitrogens with zero attached hydrogens (tertiary/aromatic N) is 2. The molecule has 1 aromatic rings. The quantitative estimate of drug-likeness (QED) is 0.807. The molecule has 1 amide bonds. The fourth-order valence-electron chi connectivity index (χ4n) is 2.21. The summed E-state index contributed by atoms with van der Waals surface area (Å²) in [6.07, 6.45) is 2.44. The summed E-state index contributed by atoms with van der Waals surface area (Å²) in [5.41, 5.74) is 0.714. The number of aliphatic hydroxyl groups excluding tert-OH is 1. The molecule has 2 rings (SSSR count). The molecule has 88 valence electrons. The summed E-state index contributed by atoms with van der Waals surface area (Å²) in [5, 5.41) is 9.49. The molecule has 4 heteroatoms. The Morgan fingerprint density at radius 1 is 1.62 bits per heavy atom. The number of aryl methyl sites for hydroxylation is 1. The molecule has 0 spiro atoms. The Bertz CT molecular complexity index is 384. The fourth-order valence-corrected chi connectivity index (χ4v) is 2.21. The lowest BCUT2D eigenvalue weighted by molar-refractivity contribution is 0.0753. The number of carbonyl (C=O) groups excluding carboxylic acids is 1. The second-order valence-electron chi connectivity index (χ2n) is 4.54. The van der Waals surface area contributed by atoms with Crippen LogP contribution in [-0.4, -0.2) is 39.7 Å². The molecule has 1 aromatic heterocycles. The van der Waals surface area contributed by atoms with Crippen LogP contribution in [0.1, 0.15) is 23.8 Å². The molecule has 1 aliphatic heterocycles. The van der Waals surface area contributed by atoms with Gasteiger partial charge in [0.15, 0.2) is 0 Å². The zero-order chi connectivity index (χ0) is 11.7. The molecule has 1 fully saturated rings. The predicted octanol–water partition coefficient (Wildman–Crippen LogP) is 0.868. The van der Waals surface area contributed by atoms with Gasteiger partial charge in [0.1, 0.15) is 5.69 Å². The van der Waals surface area contributed by atoms with Gasteiger partial charge in [0.25, 0.3) is 5.91 Å². The number of likely N-dealkylation sites (tertiary alicyclic amines) is 1. The van der Waals surface area contributed by atoms with Crippen molar-refractivity contribution in [2.24, 2.45) is 13.0 Å². The first-order chi connectivity index (χ1) is 7.59. The molecule has 1 N–H and O–H groups in total. The van der Waals surface area contributed by atoms with Crippen molar-refractivity contribution in [2.75, 3.05) is 13.1 Å². The van der Waals surface area contributed by atoms with E-state index in [1.165, 1.54) is 0 Å². The van der Waals surface area contributed by atoms with Gasteiger partial charge in [-0.25, -0.2) is 0 Å². The maximum atomic E-state index is 12.1. The van der Waals surface area contributed by atoms with Crippen LogP contribution < -0.4 is 0 Å². The smallest absolute Gasteiger partial charge is 0.270 e. The highest BCUT2D eigenvalue weighted by atomic mass is 16.3. The molecule has 2 unspecified atom stereocenters. The Balaban J connectivity index is 2.05. The molecule has 0 saturated carbocycles. The van der Waals surface area contributed by atoms with E-state index in [1.54, 1.807) is 6.92 Å². The van der Waals surface area contributed by atoms with Crippen LogP contribution in [0.15, 0.2) is 18.3 Å². The highest BCUT2D eigenvalue weighted by Crippen LogP contribution is 2.21. The van der Waals surface area contributed by atoms with Gasteiger partial charge >= 0.3 is 0 Å². The fraction of sp³-hybridized carbons (Fsp3) is 0.583. The molecule has 16 heavy (non-hydrogen) atoms. The Kier molecular flexibility index (Phi) is 3.01. The molecule has 0 radical (unpaired) electrons. The van der Waals surface area contributed by atoms with E-state index in [0.29, 0.717) is 12.2 Å². The van der Waals surface area contributed by atoms with Crippen molar-refractivity contribution in [2.45, 2.75) is 19.4 Å². The summed E-state index contributed by atoms with van der Waals surface area (Å²) < 4.78 is 1.83. The van der Waals surface area contributed by atoms with Crippen molar-refractivity contribution in [1.82, 2.24) is 9.47 Å². The standard InChI is InChI=1S/C12H18N2O2/c1-9(15)10-5-7-14(8-10)12(16)11-4-3-6-13(11)2/h3-4,6,9-10,15H,5,7-8H2,1-2H3. The van der Waals surface area contributed by atoms with Crippen LogP contribution in [0.2, 0.25) is 0 Å². The monoisotopic (exact) mass is 222 g/mol. The zero-order valence-corrected chi connectivity index (χ0v) is 9.76. The van der Waals surface area contributed by atoms with Crippen molar-refractivity contribution >= 4 is 5.91 Å². The van der Waals surface area contributed by atoms with E-state index in [9.17, 15) is 9.90 Å². The van der Waals surface area contributed by atoms with E-state index in [1.807, 2.05) is 34.8 Å². The zero-order valence-electron chi connectivity index (χ0n) is 9.76. The first-order valence-corrected chi connectivity index (χ1v) is 5.68. The Morgan fingerprint density at radius 3 is 2.88 bits per heavy atom. The SMILES string of the molecule is CC(O)C1CCN(C(=O)c2cccn2C)C1. The van der Waals surface area contributed by atoms with Crippen molar-refractivity contribution in [3.05, 3.63) is 24.0 Å². The van der Waals surface area contributed by atoms with Crippen LogP contribution in [0, 0.1) is 5.92 Å². The summed E-state index contributed by atoms with van der Waals surface area (Å²) >= 11 is 0. The number of hydrogen-bond donors (Lipinski definition) is 1. The Morgan fingerprint density at radius 2 is 2.38 bits per heavy atom. The molecular weight excluding hydrogens is 204 g/mol. The summed E-state index contributed by atoms with van der Waals surface area (Å²) in [6.45, 7) is 3.21. The van der Waals surface area contributed by atoms with Gasteiger partial charge in [-0.05, 0) is 25.5 Å². The summed E-state index contributed by atoms with van der Waals surface area (Å²) in [5.74, 6) is 0.292. The van der Waals surface area contributed by atoms with Crippen LogP contribution in [0.3, 0.4) is 0 Å². The van der Waals surface area contributed by atoms with Crippen LogP contribution >= 0.6 is 0 Å². The van der Waals surface area contributed by atoms with Crippen LogP contribution in [0.4, 0.5) is 0 Å². The third-order valence-electron chi connectivity index (χ3n) is 3.36. The summed E-state index contributed by atoms with van der Waals surface area (Å²) in [7, 11) is 1.87. The van der Waals surface area contributed by atoms with Gasteiger partial charge < -0.3 is 14.6 Å². The van der Waals surface area contributed by atoms with E-state index < -0.39 is 0 Å². The summed E-state index contributed by atoms with van der Waals surface area (Å²) in [6, 6.07) is 3.70. The van der Waals surface area contributed by atoms with E-state index in [2.05, 4.69) is 0 Å². The minimum atomic E-state index is -0.328. The van der Waals surface area contributed by atoms with Gasteiger partial charge in [0.2, 0.25) is 0 Å². The van der Waals surface area contributed by atoms with Gasteiger partial charge in [0.05, 0.1) is 6.10 Å².